The normalized spacial score (nSPS) is 10.9. The number of benzene rings is 1. The molecule has 0 unspecified atom stereocenters. The summed E-state index contributed by atoms with van der Waals surface area (Å²) in [4.78, 5) is 23.8. The second-order valence-corrected chi connectivity index (χ2v) is 3.69. The first-order chi connectivity index (χ1) is 8.07. The molecule has 0 fully saturated rings. The van der Waals surface area contributed by atoms with Gasteiger partial charge in [0.1, 0.15) is 11.1 Å². The SMILES string of the molecule is Cn1c(=O)n(CCO)c(=O)c2c(O)cccc21. The number of hydrogen-bond donors (Lipinski definition) is 2. The Hall–Kier alpha value is -2.08. The number of phenols is 1. The van der Waals surface area contributed by atoms with Crippen molar-refractivity contribution in [3.63, 3.8) is 0 Å². The van der Waals surface area contributed by atoms with E-state index in [0.29, 0.717) is 5.52 Å². The molecule has 0 radical (unpaired) electrons. The van der Waals surface area contributed by atoms with E-state index < -0.39 is 11.2 Å². The summed E-state index contributed by atoms with van der Waals surface area (Å²) in [6, 6.07) is 4.53. The fourth-order valence-electron chi connectivity index (χ4n) is 1.83. The summed E-state index contributed by atoms with van der Waals surface area (Å²) in [5, 5.41) is 18.6. The number of fused-ring (bicyclic) bond motifs is 1. The van der Waals surface area contributed by atoms with E-state index in [1.54, 1.807) is 12.1 Å². The van der Waals surface area contributed by atoms with Crippen molar-refractivity contribution in [1.29, 1.82) is 0 Å². The average molecular weight is 236 g/mol. The topological polar surface area (TPSA) is 84.5 Å². The summed E-state index contributed by atoms with van der Waals surface area (Å²) in [5.41, 5.74) is -0.730. The van der Waals surface area contributed by atoms with Gasteiger partial charge in [-0.2, -0.15) is 0 Å². The van der Waals surface area contributed by atoms with Crippen LogP contribution < -0.4 is 11.2 Å². The van der Waals surface area contributed by atoms with E-state index in [4.69, 9.17) is 5.11 Å². The molecule has 6 nitrogen and oxygen atoms in total. The van der Waals surface area contributed by atoms with Crippen LogP contribution >= 0.6 is 0 Å². The standard InChI is InChI=1S/C11H12N2O4/c1-12-7-3-2-4-8(15)9(7)10(16)13(5-6-14)11(12)17/h2-4,14-15H,5-6H2,1H3. The number of aliphatic hydroxyl groups is 1. The largest absolute Gasteiger partial charge is 0.507 e. The molecule has 0 spiro atoms. The number of rotatable bonds is 2. The summed E-state index contributed by atoms with van der Waals surface area (Å²) in [5.74, 6) is -0.171. The van der Waals surface area contributed by atoms with Crippen LogP contribution in [0.1, 0.15) is 0 Å². The van der Waals surface area contributed by atoms with Crippen molar-refractivity contribution < 1.29 is 10.2 Å². The molecule has 2 N–H and O–H groups in total. The van der Waals surface area contributed by atoms with Gasteiger partial charge in [-0.3, -0.25) is 13.9 Å². The molecular formula is C11H12N2O4. The number of aliphatic hydroxyl groups excluding tert-OH is 1. The van der Waals surface area contributed by atoms with Crippen molar-refractivity contribution in [2.24, 2.45) is 7.05 Å². The van der Waals surface area contributed by atoms with E-state index in [0.717, 1.165) is 4.57 Å². The Balaban J connectivity index is 3.02. The molecule has 1 aromatic carbocycles. The van der Waals surface area contributed by atoms with Crippen LogP contribution in [0.2, 0.25) is 0 Å². The molecule has 0 aliphatic rings. The lowest BCUT2D eigenvalue weighted by Gasteiger charge is -2.10. The van der Waals surface area contributed by atoms with Crippen molar-refractivity contribution in [3.05, 3.63) is 39.0 Å². The van der Waals surface area contributed by atoms with E-state index in [9.17, 15) is 14.7 Å². The number of aromatic nitrogens is 2. The first kappa shape index (κ1) is 11.4. The predicted octanol–water partition coefficient (Wildman–Crippen LogP) is -0.602. The molecule has 1 heterocycles. The maximum atomic E-state index is 12.0. The molecule has 2 rings (SSSR count). The van der Waals surface area contributed by atoms with E-state index >= 15 is 0 Å². The summed E-state index contributed by atoms with van der Waals surface area (Å²) in [6.07, 6.45) is 0. The van der Waals surface area contributed by atoms with E-state index in [1.165, 1.54) is 17.7 Å². The highest BCUT2D eigenvalue weighted by Crippen LogP contribution is 2.18. The molecule has 0 saturated heterocycles. The number of nitrogens with zero attached hydrogens (tertiary/aromatic N) is 2. The number of aryl methyl sites for hydroxylation is 1. The lowest BCUT2D eigenvalue weighted by molar-refractivity contribution is 0.271. The van der Waals surface area contributed by atoms with Crippen molar-refractivity contribution >= 4 is 10.9 Å². The first-order valence-electron chi connectivity index (χ1n) is 5.10. The first-order valence-corrected chi connectivity index (χ1v) is 5.10. The third-order valence-corrected chi connectivity index (χ3v) is 2.68. The van der Waals surface area contributed by atoms with Crippen LogP contribution in [0.25, 0.3) is 10.9 Å². The van der Waals surface area contributed by atoms with Crippen LogP contribution in [-0.4, -0.2) is 26.0 Å². The zero-order chi connectivity index (χ0) is 12.6. The third kappa shape index (κ3) is 1.62. The van der Waals surface area contributed by atoms with Gasteiger partial charge in [-0.1, -0.05) is 6.07 Å². The van der Waals surface area contributed by atoms with Crippen molar-refractivity contribution in [2.45, 2.75) is 6.54 Å². The molecule has 0 bridgehead atoms. The molecule has 2 aromatic rings. The van der Waals surface area contributed by atoms with Crippen LogP contribution in [0.4, 0.5) is 0 Å². The summed E-state index contributed by atoms with van der Waals surface area (Å²) < 4.78 is 2.17. The molecule has 17 heavy (non-hydrogen) atoms. The second-order valence-electron chi connectivity index (χ2n) is 3.69. The van der Waals surface area contributed by atoms with Gasteiger partial charge in [0.15, 0.2) is 0 Å². The van der Waals surface area contributed by atoms with Gasteiger partial charge in [0.25, 0.3) is 5.56 Å². The molecule has 90 valence electrons. The Morgan fingerprint density at radius 3 is 2.65 bits per heavy atom. The van der Waals surface area contributed by atoms with Crippen molar-refractivity contribution in [3.8, 4) is 5.75 Å². The lowest BCUT2D eigenvalue weighted by Crippen LogP contribution is -2.39. The molecule has 0 atom stereocenters. The molecule has 1 aromatic heterocycles. The van der Waals surface area contributed by atoms with E-state index in [1.807, 2.05) is 0 Å². The van der Waals surface area contributed by atoms with Crippen LogP contribution in [-0.2, 0) is 13.6 Å². The molecule has 0 amide bonds. The van der Waals surface area contributed by atoms with E-state index in [2.05, 4.69) is 0 Å². The monoisotopic (exact) mass is 236 g/mol. The maximum absolute atomic E-state index is 12.0. The molecular weight excluding hydrogens is 224 g/mol. The average Bonchev–Trinajstić information content (AvgIpc) is 2.31. The summed E-state index contributed by atoms with van der Waals surface area (Å²) in [6.45, 7) is -0.399. The smallest absolute Gasteiger partial charge is 0.331 e. The van der Waals surface area contributed by atoms with Crippen LogP contribution in [0, 0.1) is 0 Å². The zero-order valence-corrected chi connectivity index (χ0v) is 9.25. The van der Waals surface area contributed by atoms with Gasteiger partial charge in [-0.25, -0.2) is 4.79 Å². The van der Waals surface area contributed by atoms with Gasteiger partial charge in [0, 0.05) is 7.05 Å². The number of hydrogen-bond acceptors (Lipinski definition) is 4. The predicted molar refractivity (Wildman–Crippen MR) is 62.2 cm³/mol. The highest BCUT2D eigenvalue weighted by molar-refractivity contribution is 5.84. The number of phenolic OH excluding ortho intramolecular Hbond substituents is 1. The van der Waals surface area contributed by atoms with Gasteiger partial charge in [-0.05, 0) is 12.1 Å². The lowest BCUT2D eigenvalue weighted by atomic mass is 10.2. The second kappa shape index (κ2) is 4.06. The van der Waals surface area contributed by atoms with Crippen LogP contribution in [0.3, 0.4) is 0 Å². The quantitative estimate of drug-likeness (QED) is 0.729. The van der Waals surface area contributed by atoms with Gasteiger partial charge < -0.3 is 10.2 Å². The Labute approximate surface area is 96.0 Å². The van der Waals surface area contributed by atoms with Crippen LogP contribution in [0.5, 0.6) is 5.75 Å². The Bertz CT molecular complexity index is 684. The highest BCUT2D eigenvalue weighted by atomic mass is 16.3. The maximum Gasteiger partial charge on any atom is 0.331 e. The Morgan fingerprint density at radius 2 is 2.00 bits per heavy atom. The fourth-order valence-corrected chi connectivity index (χ4v) is 1.83. The molecule has 6 heteroatoms. The minimum atomic E-state index is -0.588. The third-order valence-electron chi connectivity index (χ3n) is 2.68. The highest BCUT2D eigenvalue weighted by Gasteiger charge is 2.12. The van der Waals surface area contributed by atoms with E-state index in [-0.39, 0.29) is 24.3 Å². The summed E-state index contributed by atoms with van der Waals surface area (Å²) in [7, 11) is 1.51. The Morgan fingerprint density at radius 1 is 1.29 bits per heavy atom. The Kier molecular flexibility index (Phi) is 2.72. The van der Waals surface area contributed by atoms with Crippen molar-refractivity contribution in [2.75, 3.05) is 6.61 Å². The zero-order valence-electron chi connectivity index (χ0n) is 9.25. The minimum Gasteiger partial charge on any atom is -0.507 e. The molecule has 0 aliphatic heterocycles. The van der Waals surface area contributed by atoms with Gasteiger partial charge in [-0.15, -0.1) is 0 Å². The minimum absolute atomic E-state index is 0.0862. The van der Waals surface area contributed by atoms with Crippen molar-refractivity contribution in [1.82, 2.24) is 9.13 Å². The molecule has 0 aliphatic carbocycles. The molecule has 0 saturated carbocycles. The van der Waals surface area contributed by atoms with Crippen LogP contribution in [0.15, 0.2) is 27.8 Å². The van der Waals surface area contributed by atoms with Gasteiger partial charge >= 0.3 is 5.69 Å². The fraction of sp³-hybridized carbons (Fsp3) is 0.273. The number of aromatic hydroxyl groups is 1. The van der Waals surface area contributed by atoms with Gasteiger partial charge in [0.2, 0.25) is 0 Å². The van der Waals surface area contributed by atoms with Gasteiger partial charge in [0.05, 0.1) is 18.7 Å². The summed E-state index contributed by atoms with van der Waals surface area (Å²) >= 11 is 0.